The van der Waals surface area contributed by atoms with Crippen LogP contribution in [0, 0.1) is 17.8 Å². The Bertz CT molecular complexity index is 572. The average Bonchev–Trinajstić information content (AvgIpc) is 3.03. The molecule has 1 amide bonds. The number of fused-ring (bicyclic) bond motifs is 3. The van der Waals surface area contributed by atoms with Crippen molar-refractivity contribution in [2.24, 2.45) is 17.8 Å². The summed E-state index contributed by atoms with van der Waals surface area (Å²) in [6, 6.07) is 5.95. The van der Waals surface area contributed by atoms with Gasteiger partial charge in [-0.3, -0.25) is 4.79 Å². The molecule has 2 bridgehead atoms. The van der Waals surface area contributed by atoms with Gasteiger partial charge in [-0.05, 0) is 55.2 Å². The highest BCUT2D eigenvalue weighted by atomic mass is 16.5. The van der Waals surface area contributed by atoms with Crippen LogP contribution < -0.4 is 15.4 Å². The lowest BCUT2D eigenvalue weighted by molar-refractivity contribution is -0.117. The summed E-state index contributed by atoms with van der Waals surface area (Å²) in [5, 5.41) is 6.40. The maximum Gasteiger partial charge on any atom is 0.224 e. The van der Waals surface area contributed by atoms with Crippen LogP contribution in [0.3, 0.4) is 0 Å². The second-order valence-electron chi connectivity index (χ2n) is 7.03. The molecule has 4 nitrogen and oxygen atoms in total. The zero-order valence-electron chi connectivity index (χ0n) is 12.9. The molecule has 2 saturated carbocycles. The molecule has 1 aromatic rings. The third-order valence-electron chi connectivity index (χ3n) is 5.53. The molecule has 2 N–H and O–H groups in total. The molecule has 22 heavy (non-hydrogen) atoms. The number of carbonyl (C=O) groups is 1. The van der Waals surface area contributed by atoms with Crippen LogP contribution in [-0.4, -0.2) is 19.1 Å². The summed E-state index contributed by atoms with van der Waals surface area (Å²) in [5.74, 6) is 3.42. The van der Waals surface area contributed by atoms with Gasteiger partial charge in [0.1, 0.15) is 12.4 Å². The number of nitrogens with one attached hydrogen (secondary N) is 2. The zero-order valence-corrected chi connectivity index (χ0v) is 12.9. The minimum absolute atomic E-state index is 0.167. The molecule has 0 saturated heterocycles. The van der Waals surface area contributed by atoms with Gasteiger partial charge in [0, 0.05) is 30.8 Å². The molecule has 1 aliphatic heterocycles. The van der Waals surface area contributed by atoms with Gasteiger partial charge in [0.25, 0.3) is 0 Å². The number of rotatable bonds is 3. The summed E-state index contributed by atoms with van der Waals surface area (Å²) in [6.45, 7) is 2.36. The van der Waals surface area contributed by atoms with Gasteiger partial charge in [0.2, 0.25) is 5.91 Å². The van der Waals surface area contributed by atoms with Gasteiger partial charge in [-0.2, -0.15) is 0 Å². The van der Waals surface area contributed by atoms with Crippen LogP contribution in [0.5, 0.6) is 5.75 Å². The molecular formula is C18H24N2O2. The van der Waals surface area contributed by atoms with E-state index in [2.05, 4.69) is 10.6 Å². The van der Waals surface area contributed by atoms with E-state index in [-0.39, 0.29) is 5.91 Å². The lowest BCUT2D eigenvalue weighted by Gasteiger charge is -2.21. The Balaban J connectivity index is 1.38. The molecule has 118 valence electrons. The van der Waals surface area contributed by atoms with E-state index in [1.807, 2.05) is 18.2 Å². The molecule has 2 aliphatic carbocycles. The van der Waals surface area contributed by atoms with E-state index in [9.17, 15) is 4.79 Å². The molecule has 1 aromatic carbocycles. The summed E-state index contributed by atoms with van der Waals surface area (Å²) in [7, 11) is 0. The fraction of sp³-hybridized carbons (Fsp3) is 0.611. The van der Waals surface area contributed by atoms with Crippen LogP contribution >= 0.6 is 0 Å². The van der Waals surface area contributed by atoms with Crippen LogP contribution in [-0.2, 0) is 11.3 Å². The number of amides is 1. The quantitative estimate of drug-likeness (QED) is 0.902. The largest absolute Gasteiger partial charge is 0.492 e. The van der Waals surface area contributed by atoms with Gasteiger partial charge in [0.05, 0.1) is 0 Å². The molecule has 3 aliphatic rings. The summed E-state index contributed by atoms with van der Waals surface area (Å²) in [5.41, 5.74) is 2.01. The molecule has 3 unspecified atom stereocenters. The Morgan fingerprint density at radius 1 is 1.32 bits per heavy atom. The van der Waals surface area contributed by atoms with Gasteiger partial charge in [-0.25, -0.2) is 0 Å². The normalized spacial score (nSPS) is 29.5. The van der Waals surface area contributed by atoms with E-state index in [1.54, 1.807) is 0 Å². The minimum Gasteiger partial charge on any atom is -0.492 e. The van der Waals surface area contributed by atoms with Crippen molar-refractivity contribution in [2.45, 2.75) is 38.6 Å². The van der Waals surface area contributed by atoms with Gasteiger partial charge in [-0.15, -0.1) is 0 Å². The van der Waals surface area contributed by atoms with Crippen molar-refractivity contribution in [1.82, 2.24) is 5.32 Å². The van der Waals surface area contributed by atoms with Crippen LogP contribution in [0.25, 0.3) is 0 Å². The monoisotopic (exact) mass is 300 g/mol. The maximum atomic E-state index is 12.3. The van der Waals surface area contributed by atoms with Crippen LogP contribution in [0.4, 0.5) is 5.69 Å². The predicted octanol–water partition coefficient (Wildman–Crippen LogP) is 2.93. The molecular weight excluding hydrogens is 276 g/mol. The van der Waals surface area contributed by atoms with Gasteiger partial charge < -0.3 is 15.4 Å². The van der Waals surface area contributed by atoms with Crippen molar-refractivity contribution in [2.75, 3.05) is 18.5 Å². The number of benzene rings is 1. The first kappa shape index (κ1) is 14.1. The Labute approximate surface area is 131 Å². The molecule has 2 fully saturated rings. The first-order chi connectivity index (χ1) is 10.8. The van der Waals surface area contributed by atoms with Crippen molar-refractivity contribution in [3.05, 3.63) is 23.8 Å². The number of carbonyl (C=O) groups excluding carboxylic acids is 1. The Morgan fingerprint density at radius 2 is 2.27 bits per heavy atom. The molecule has 0 aromatic heterocycles. The van der Waals surface area contributed by atoms with Crippen molar-refractivity contribution in [3.63, 3.8) is 0 Å². The smallest absolute Gasteiger partial charge is 0.224 e. The van der Waals surface area contributed by atoms with E-state index < -0.39 is 0 Å². The molecule has 1 heterocycles. The van der Waals surface area contributed by atoms with E-state index in [0.29, 0.717) is 18.9 Å². The maximum absolute atomic E-state index is 12.3. The summed E-state index contributed by atoms with van der Waals surface area (Å²) >= 11 is 0. The van der Waals surface area contributed by atoms with E-state index in [0.717, 1.165) is 41.9 Å². The van der Waals surface area contributed by atoms with Crippen molar-refractivity contribution >= 4 is 11.6 Å². The highest BCUT2D eigenvalue weighted by molar-refractivity contribution is 5.91. The molecule has 0 radical (unpaired) electrons. The highest BCUT2D eigenvalue weighted by Crippen LogP contribution is 2.49. The number of ether oxygens (including phenoxy) is 1. The Hall–Kier alpha value is -1.55. The number of hydrogen-bond acceptors (Lipinski definition) is 3. The lowest BCUT2D eigenvalue weighted by Crippen LogP contribution is -2.20. The van der Waals surface area contributed by atoms with E-state index in [1.165, 1.54) is 25.7 Å². The fourth-order valence-corrected chi connectivity index (χ4v) is 4.47. The third kappa shape index (κ3) is 2.84. The Kier molecular flexibility index (Phi) is 3.78. The lowest BCUT2D eigenvalue weighted by atomic mass is 9.86. The fourth-order valence-electron chi connectivity index (χ4n) is 4.47. The van der Waals surface area contributed by atoms with Gasteiger partial charge in [-0.1, -0.05) is 6.42 Å². The molecule has 4 heteroatoms. The van der Waals surface area contributed by atoms with Crippen molar-refractivity contribution in [1.29, 1.82) is 0 Å². The first-order valence-corrected chi connectivity index (χ1v) is 8.54. The van der Waals surface area contributed by atoms with Crippen molar-refractivity contribution < 1.29 is 9.53 Å². The standard InChI is InChI=1S/C18H24N2O2/c21-18(10-14-8-12-1-2-13(14)7-12)20-16-3-4-17-15(9-16)11-19-5-6-22-17/h3-4,9,12-14,19H,1-2,5-8,10-11H2,(H,20,21). The predicted molar refractivity (Wildman–Crippen MR) is 85.8 cm³/mol. The SMILES string of the molecule is O=C(CC1CC2CCC1C2)Nc1ccc2c(c1)CNCCO2. The third-order valence-corrected chi connectivity index (χ3v) is 5.53. The van der Waals surface area contributed by atoms with Gasteiger partial charge >= 0.3 is 0 Å². The van der Waals surface area contributed by atoms with Crippen molar-refractivity contribution in [3.8, 4) is 5.75 Å². The summed E-state index contributed by atoms with van der Waals surface area (Å²) in [4.78, 5) is 12.3. The average molecular weight is 300 g/mol. The van der Waals surface area contributed by atoms with Crippen LogP contribution in [0.15, 0.2) is 18.2 Å². The topological polar surface area (TPSA) is 50.4 Å². The number of hydrogen-bond donors (Lipinski definition) is 2. The van der Waals surface area contributed by atoms with E-state index in [4.69, 9.17) is 4.74 Å². The highest BCUT2D eigenvalue weighted by Gasteiger charge is 2.40. The van der Waals surface area contributed by atoms with E-state index >= 15 is 0 Å². The van der Waals surface area contributed by atoms with Crippen LogP contribution in [0.2, 0.25) is 0 Å². The molecule has 4 rings (SSSR count). The van der Waals surface area contributed by atoms with Gasteiger partial charge in [0.15, 0.2) is 0 Å². The Morgan fingerprint density at radius 3 is 3.09 bits per heavy atom. The second kappa shape index (κ2) is 5.92. The minimum atomic E-state index is 0.167. The first-order valence-electron chi connectivity index (χ1n) is 8.54. The molecule has 3 atom stereocenters. The second-order valence-corrected chi connectivity index (χ2v) is 7.03. The molecule has 0 spiro atoms. The summed E-state index contributed by atoms with van der Waals surface area (Å²) < 4.78 is 5.67. The number of anilines is 1. The van der Waals surface area contributed by atoms with Crippen LogP contribution in [0.1, 0.15) is 37.7 Å². The zero-order chi connectivity index (χ0) is 14.9. The summed E-state index contributed by atoms with van der Waals surface area (Å²) in [6.07, 6.45) is 6.04.